The lowest BCUT2D eigenvalue weighted by atomic mass is 10.1. The summed E-state index contributed by atoms with van der Waals surface area (Å²) in [5.74, 6) is 5.66. The van der Waals surface area contributed by atoms with Crippen LogP contribution in [0.4, 0.5) is 0 Å². The zero-order valence-corrected chi connectivity index (χ0v) is 33.2. The highest BCUT2D eigenvalue weighted by Crippen LogP contribution is 2.64. The van der Waals surface area contributed by atoms with Gasteiger partial charge in [0, 0.05) is 0 Å². The third-order valence-electron chi connectivity index (χ3n) is 10.3. The molecule has 0 saturated carbocycles. The van der Waals surface area contributed by atoms with Crippen molar-refractivity contribution in [2.24, 2.45) is 0 Å². The Hall–Kier alpha value is 0.530. The molecule has 0 aliphatic carbocycles. The second-order valence-electron chi connectivity index (χ2n) is 14.6. The minimum absolute atomic E-state index is 0.900. The first kappa shape index (κ1) is 44.5. The van der Waals surface area contributed by atoms with Crippen LogP contribution in [0, 0.1) is 0 Å². The number of rotatable bonds is 35. The Morgan fingerprint density at radius 3 is 0.841 bits per heavy atom. The topological polar surface area (TPSA) is 9.23 Å². The average Bonchev–Trinajstić information content (AvgIpc) is 3.03. The second-order valence-corrected chi connectivity index (χ2v) is 20.9. The molecule has 0 aliphatic heterocycles. The van der Waals surface area contributed by atoms with Gasteiger partial charge in [0.15, 0.2) is 0 Å². The molecule has 0 rings (SSSR count). The van der Waals surface area contributed by atoms with Crippen LogP contribution >= 0.6 is 21.4 Å². The highest BCUT2D eigenvalue weighted by atomic mass is 32.3. The molecule has 0 N–H and O–H groups in total. The first-order valence-electron chi connectivity index (χ1n) is 20.6. The fraction of sp³-hybridized carbons (Fsp3) is 0.976. The largest absolute Gasteiger partial charge is 0.336 e. The van der Waals surface area contributed by atoms with Crippen molar-refractivity contribution in [3.8, 4) is 0 Å². The van der Waals surface area contributed by atoms with Crippen molar-refractivity contribution < 1.29 is 4.74 Å². The number of thiol groups is 1. The summed E-state index contributed by atoms with van der Waals surface area (Å²) in [4.78, 5) is 0. The van der Waals surface area contributed by atoms with Gasteiger partial charge in [-0.3, -0.25) is 0 Å². The lowest BCUT2D eigenvalue weighted by molar-refractivity contribution is 0.307. The summed E-state index contributed by atoms with van der Waals surface area (Å²) >= 11 is 5.53. The Labute approximate surface area is 286 Å². The highest BCUT2D eigenvalue weighted by Gasteiger charge is 2.36. The van der Waals surface area contributed by atoms with Crippen LogP contribution in [-0.4, -0.2) is 34.0 Å². The average molecular weight is 659 g/mol. The Bertz CT molecular complexity index is 569. The molecule has 0 amide bonds. The van der Waals surface area contributed by atoms with Crippen LogP contribution in [0.1, 0.15) is 227 Å². The molecular weight excluding hydrogens is 573 g/mol. The molecule has 0 aromatic rings. The molecule has 0 unspecified atom stereocenters. The molecule has 0 fully saturated rings. The van der Waals surface area contributed by atoms with Crippen LogP contribution in [0.5, 0.6) is 0 Å². The van der Waals surface area contributed by atoms with Gasteiger partial charge in [-0.25, -0.2) is 8.75 Å². The fourth-order valence-electron chi connectivity index (χ4n) is 7.21. The molecule has 1 nitrogen and oxygen atoms in total. The third-order valence-corrected chi connectivity index (χ3v) is 18.6. The molecule has 3 heteroatoms. The smallest absolute Gasteiger partial charge is 0.116 e. The van der Waals surface area contributed by atoms with Crippen LogP contribution in [0.15, 0.2) is 0 Å². The van der Waals surface area contributed by atoms with Crippen LogP contribution in [-0.2, 0) is 4.74 Å². The van der Waals surface area contributed by atoms with E-state index in [1.165, 1.54) is 220 Å². The summed E-state index contributed by atoms with van der Waals surface area (Å²) in [5, 5.41) is 0. The van der Waals surface area contributed by atoms with Crippen molar-refractivity contribution in [2.75, 3.05) is 29.6 Å². The molecule has 0 bridgehead atoms. The molecule has 0 aromatic heterocycles. The number of hydrogen-bond donors (Lipinski definition) is 1. The Morgan fingerprint density at radius 2 is 0.568 bits per heavy atom. The fourth-order valence-corrected chi connectivity index (χ4v) is 14.6. The predicted molar refractivity (Wildman–Crippen MR) is 214 cm³/mol. The van der Waals surface area contributed by atoms with E-state index in [4.69, 9.17) is 17.4 Å². The van der Waals surface area contributed by atoms with Crippen molar-refractivity contribution in [3.63, 3.8) is 0 Å². The van der Waals surface area contributed by atoms with Gasteiger partial charge in [-0.05, 0) is 55.1 Å². The monoisotopic (exact) mass is 659 g/mol. The van der Waals surface area contributed by atoms with Crippen LogP contribution in [0.2, 0.25) is 0 Å². The Morgan fingerprint density at radius 1 is 0.341 bits per heavy atom. The van der Waals surface area contributed by atoms with Gasteiger partial charge in [0.1, 0.15) is 4.38 Å². The summed E-state index contributed by atoms with van der Waals surface area (Å²) in [7, 11) is -1.92. The van der Waals surface area contributed by atoms with Crippen molar-refractivity contribution in [1.82, 2.24) is 0 Å². The molecule has 0 aliphatic rings. The SMILES string of the molecule is CCCCCCCCOC(S)=S(CCCCCCCC)(CCCCCCCC)(CCCCCCCC)CCCCCCCC. The van der Waals surface area contributed by atoms with Crippen molar-refractivity contribution in [3.05, 3.63) is 0 Å². The first-order chi connectivity index (χ1) is 21.5. The maximum Gasteiger partial charge on any atom is 0.116 e. The first-order valence-corrected chi connectivity index (χ1v) is 23.8. The minimum atomic E-state index is -1.92. The van der Waals surface area contributed by atoms with E-state index in [1.807, 2.05) is 0 Å². The molecule has 0 atom stereocenters. The Balaban J connectivity index is 6.12. The number of ether oxygens (including phenoxy) is 1. The van der Waals surface area contributed by atoms with E-state index < -0.39 is 8.75 Å². The standard InChI is InChI=1S/C41H86OS2/c1-6-11-16-21-26-31-36-42-41(43)44(37-32-27-22-17-12-7-2,38-33-28-23-18-13-8-3,39-34-29-24-19-14-9-4)40-35-30-25-20-15-10-5/h43H,6-40H2,1-5H3. The molecule has 0 saturated heterocycles. The van der Waals surface area contributed by atoms with E-state index in [2.05, 4.69) is 34.6 Å². The molecular formula is C41H86OS2. The zero-order chi connectivity index (χ0) is 32.5. The Kier molecular flexibility index (Phi) is 32.5. The maximum absolute atomic E-state index is 6.93. The third kappa shape index (κ3) is 22.2. The molecule has 0 heterocycles. The van der Waals surface area contributed by atoms with Crippen molar-refractivity contribution in [2.45, 2.75) is 227 Å². The van der Waals surface area contributed by atoms with Gasteiger partial charge in [0.25, 0.3) is 0 Å². The van der Waals surface area contributed by atoms with E-state index in [-0.39, 0.29) is 0 Å². The van der Waals surface area contributed by atoms with Gasteiger partial charge in [-0.15, -0.1) is 12.6 Å². The van der Waals surface area contributed by atoms with E-state index in [0.717, 1.165) is 6.61 Å². The summed E-state index contributed by atoms with van der Waals surface area (Å²) in [5.41, 5.74) is 0. The molecule has 268 valence electrons. The van der Waals surface area contributed by atoms with Gasteiger partial charge >= 0.3 is 0 Å². The maximum atomic E-state index is 6.93. The summed E-state index contributed by atoms with van der Waals surface area (Å²) in [6.07, 6.45) is 41.6. The van der Waals surface area contributed by atoms with Crippen molar-refractivity contribution in [1.29, 1.82) is 0 Å². The van der Waals surface area contributed by atoms with Crippen molar-refractivity contribution >= 4 is 25.8 Å². The van der Waals surface area contributed by atoms with Gasteiger partial charge < -0.3 is 4.74 Å². The minimum Gasteiger partial charge on any atom is -0.336 e. The van der Waals surface area contributed by atoms with Gasteiger partial charge in [-0.2, -0.15) is 0 Å². The van der Waals surface area contributed by atoms with Gasteiger partial charge in [0.05, 0.1) is 6.61 Å². The van der Waals surface area contributed by atoms with E-state index in [1.54, 1.807) is 0 Å². The number of unbranched alkanes of at least 4 members (excludes halogenated alkanes) is 25. The normalized spacial score (nSPS) is 12.9. The lowest BCUT2D eigenvalue weighted by Crippen LogP contribution is -2.31. The quantitative estimate of drug-likeness (QED) is 0.0405. The molecule has 0 aromatic carbocycles. The summed E-state index contributed by atoms with van der Waals surface area (Å²) in [6.45, 7) is 12.6. The number of hydrogen-bond acceptors (Lipinski definition) is 1. The van der Waals surface area contributed by atoms with E-state index in [0.29, 0.717) is 0 Å². The molecule has 0 radical (unpaired) electrons. The molecule has 0 spiro atoms. The van der Waals surface area contributed by atoms with Gasteiger partial charge in [-0.1, -0.05) is 195 Å². The van der Waals surface area contributed by atoms with Crippen LogP contribution in [0.3, 0.4) is 0 Å². The second kappa shape index (κ2) is 32.1. The summed E-state index contributed by atoms with van der Waals surface area (Å²) in [6, 6.07) is 0. The predicted octanol–water partition coefficient (Wildman–Crippen LogP) is 15.2. The van der Waals surface area contributed by atoms with Crippen LogP contribution < -0.4 is 0 Å². The highest BCUT2D eigenvalue weighted by molar-refractivity contribution is 8.52. The summed E-state index contributed by atoms with van der Waals surface area (Å²) < 4.78 is 8.21. The van der Waals surface area contributed by atoms with Gasteiger partial charge in [0.2, 0.25) is 0 Å². The molecule has 44 heavy (non-hydrogen) atoms. The van der Waals surface area contributed by atoms with E-state index >= 15 is 0 Å². The van der Waals surface area contributed by atoms with Crippen LogP contribution in [0.25, 0.3) is 0 Å². The lowest BCUT2D eigenvalue weighted by Gasteiger charge is -2.52. The van der Waals surface area contributed by atoms with E-state index in [9.17, 15) is 0 Å². The zero-order valence-electron chi connectivity index (χ0n) is 31.5.